The van der Waals surface area contributed by atoms with Crippen molar-refractivity contribution in [2.24, 2.45) is 0 Å². The summed E-state index contributed by atoms with van der Waals surface area (Å²) in [5.74, 6) is 0.927. The van der Waals surface area contributed by atoms with Gasteiger partial charge in [-0.15, -0.1) is 0 Å². The number of fused-ring (bicyclic) bond motifs is 1. The largest absolute Gasteiger partial charge is 0.454 e. The molecule has 0 aromatic heterocycles. The molecule has 0 unspecified atom stereocenters. The lowest BCUT2D eigenvalue weighted by molar-refractivity contribution is -0.117. The van der Waals surface area contributed by atoms with Crippen molar-refractivity contribution < 1.29 is 19.1 Å². The van der Waals surface area contributed by atoms with E-state index in [4.69, 9.17) is 21.1 Å². The third kappa shape index (κ3) is 5.15. The molecule has 1 aliphatic heterocycles. The molecule has 2 amide bonds. The lowest BCUT2D eigenvalue weighted by atomic mass is 10.2. The quantitative estimate of drug-likeness (QED) is 0.739. The third-order valence-electron chi connectivity index (χ3n) is 4.20. The van der Waals surface area contributed by atoms with E-state index in [9.17, 15) is 9.59 Å². The van der Waals surface area contributed by atoms with Gasteiger partial charge in [0.05, 0.1) is 11.6 Å². The van der Waals surface area contributed by atoms with Gasteiger partial charge in [0.2, 0.25) is 18.6 Å². The molecule has 0 saturated carbocycles. The van der Waals surface area contributed by atoms with Crippen molar-refractivity contribution in [3.63, 3.8) is 0 Å². The number of nitrogens with zero attached hydrogens (tertiary/aromatic N) is 1. The molecule has 7 nitrogen and oxygen atoms in total. The van der Waals surface area contributed by atoms with E-state index in [0.717, 1.165) is 5.56 Å². The zero-order valence-electron chi connectivity index (χ0n) is 15.8. The zero-order chi connectivity index (χ0) is 20.1. The van der Waals surface area contributed by atoms with Crippen molar-refractivity contribution in [2.75, 3.05) is 30.5 Å². The molecule has 0 fully saturated rings. The first-order valence-electron chi connectivity index (χ1n) is 8.92. The predicted molar refractivity (Wildman–Crippen MR) is 108 cm³/mol. The zero-order valence-corrected chi connectivity index (χ0v) is 16.5. The molecule has 0 saturated heterocycles. The van der Waals surface area contributed by atoms with Crippen LogP contribution in [0.5, 0.6) is 11.5 Å². The van der Waals surface area contributed by atoms with Crippen molar-refractivity contribution in [1.82, 2.24) is 4.90 Å². The van der Waals surface area contributed by atoms with E-state index in [2.05, 4.69) is 10.6 Å². The van der Waals surface area contributed by atoms with Crippen LogP contribution in [0.3, 0.4) is 0 Å². The summed E-state index contributed by atoms with van der Waals surface area (Å²) in [4.78, 5) is 25.4. The van der Waals surface area contributed by atoms with Crippen molar-refractivity contribution in [2.45, 2.75) is 20.4 Å². The average Bonchev–Trinajstić information content (AvgIpc) is 3.11. The number of likely N-dealkylation sites (N-methyl/N-ethyl adjacent to an activating group) is 1. The molecule has 1 heterocycles. The summed E-state index contributed by atoms with van der Waals surface area (Å²) >= 11 is 6.23. The summed E-state index contributed by atoms with van der Waals surface area (Å²) in [6.45, 7) is 5.09. The molecule has 0 atom stereocenters. The van der Waals surface area contributed by atoms with Crippen LogP contribution in [0.4, 0.5) is 11.4 Å². The molecule has 8 heteroatoms. The van der Waals surface area contributed by atoms with E-state index < -0.39 is 0 Å². The van der Waals surface area contributed by atoms with Gasteiger partial charge in [-0.05, 0) is 48.5 Å². The molecule has 1 aliphatic rings. The van der Waals surface area contributed by atoms with E-state index in [1.165, 1.54) is 6.92 Å². The summed E-state index contributed by atoms with van der Waals surface area (Å²) < 4.78 is 10.7. The van der Waals surface area contributed by atoms with Gasteiger partial charge in [0, 0.05) is 24.8 Å². The fourth-order valence-corrected chi connectivity index (χ4v) is 3.18. The minimum Gasteiger partial charge on any atom is -0.454 e. The lowest BCUT2D eigenvalue weighted by Crippen LogP contribution is -2.32. The van der Waals surface area contributed by atoms with Gasteiger partial charge in [-0.2, -0.15) is 0 Å². The van der Waals surface area contributed by atoms with Crippen LogP contribution in [0.15, 0.2) is 36.4 Å². The normalized spacial score (nSPS) is 12.1. The number of carbonyl (C=O) groups is 2. The van der Waals surface area contributed by atoms with Crippen LogP contribution in [0.1, 0.15) is 19.4 Å². The first kappa shape index (κ1) is 20.0. The van der Waals surface area contributed by atoms with Crippen molar-refractivity contribution in [3.8, 4) is 11.5 Å². The van der Waals surface area contributed by atoms with Crippen LogP contribution in [0.25, 0.3) is 0 Å². The standard InChI is InChI=1S/C20H22ClN3O4/c1-3-24(10-14-8-17(21)20-18(9-14)27-12-28-20)11-19(26)23-16-6-4-15(5-7-16)22-13(2)25/h4-9H,3,10-12H2,1-2H3,(H,22,25)(H,23,26). The summed E-state index contributed by atoms with van der Waals surface area (Å²) in [7, 11) is 0. The highest BCUT2D eigenvalue weighted by atomic mass is 35.5. The van der Waals surface area contributed by atoms with Gasteiger partial charge in [-0.3, -0.25) is 14.5 Å². The molecule has 28 heavy (non-hydrogen) atoms. The van der Waals surface area contributed by atoms with Crippen molar-refractivity contribution in [1.29, 1.82) is 0 Å². The maximum absolute atomic E-state index is 12.4. The van der Waals surface area contributed by atoms with Crippen LogP contribution in [-0.4, -0.2) is 36.6 Å². The second-order valence-electron chi connectivity index (χ2n) is 6.42. The number of nitrogens with one attached hydrogen (secondary N) is 2. The molecular weight excluding hydrogens is 382 g/mol. The minimum absolute atomic E-state index is 0.124. The molecule has 0 radical (unpaired) electrons. The Morgan fingerprint density at radius 1 is 1.11 bits per heavy atom. The average molecular weight is 404 g/mol. The van der Waals surface area contributed by atoms with Crippen LogP contribution in [0, 0.1) is 0 Å². The van der Waals surface area contributed by atoms with Crippen molar-refractivity contribution in [3.05, 3.63) is 47.0 Å². The molecule has 0 spiro atoms. The van der Waals surface area contributed by atoms with Crippen molar-refractivity contribution >= 4 is 34.8 Å². The van der Waals surface area contributed by atoms with Gasteiger partial charge in [-0.25, -0.2) is 0 Å². The Morgan fingerprint density at radius 3 is 2.43 bits per heavy atom. The molecular formula is C20H22ClN3O4. The van der Waals surface area contributed by atoms with Gasteiger partial charge in [0.15, 0.2) is 11.5 Å². The Hall–Kier alpha value is -2.77. The molecule has 2 N–H and O–H groups in total. The number of ether oxygens (including phenoxy) is 2. The highest BCUT2D eigenvalue weighted by Gasteiger charge is 2.19. The van der Waals surface area contributed by atoms with Crippen LogP contribution < -0.4 is 20.1 Å². The Labute approximate surface area is 168 Å². The van der Waals surface area contributed by atoms with E-state index in [1.807, 2.05) is 24.0 Å². The molecule has 2 aromatic rings. The van der Waals surface area contributed by atoms with Crippen LogP contribution in [-0.2, 0) is 16.1 Å². The minimum atomic E-state index is -0.140. The van der Waals surface area contributed by atoms with Gasteiger partial charge in [-0.1, -0.05) is 18.5 Å². The summed E-state index contributed by atoms with van der Waals surface area (Å²) in [6, 6.07) is 10.7. The summed E-state index contributed by atoms with van der Waals surface area (Å²) in [6.07, 6.45) is 0. The van der Waals surface area contributed by atoms with Gasteiger partial charge in [0.25, 0.3) is 0 Å². The SMILES string of the molecule is CCN(CC(=O)Nc1ccc(NC(C)=O)cc1)Cc1cc(Cl)c2c(c1)OCO2. The van der Waals surface area contributed by atoms with Gasteiger partial charge in [0.1, 0.15) is 0 Å². The fourth-order valence-electron chi connectivity index (χ4n) is 2.89. The third-order valence-corrected chi connectivity index (χ3v) is 4.48. The van der Waals surface area contributed by atoms with Crippen LogP contribution >= 0.6 is 11.6 Å². The smallest absolute Gasteiger partial charge is 0.238 e. The van der Waals surface area contributed by atoms with E-state index in [1.54, 1.807) is 24.3 Å². The number of hydrogen-bond acceptors (Lipinski definition) is 5. The fraction of sp³-hybridized carbons (Fsp3) is 0.300. The van der Waals surface area contributed by atoms with E-state index >= 15 is 0 Å². The molecule has 0 aliphatic carbocycles. The summed E-state index contributed by atoms with van der Waals surface area (Å²) in [5.41, 5.74) is 2.30. The second kappa shape index (κ2) is 8.95. The number of carbonyl (C=O) groups excluding carboxylic acids is 2. The maximum atomic E-state index is 12.4. The highest BCUT2D eigenvalue weighted by molar-refractivity contribution is 6.32. The van der Waals surface area contributed by atoms with E-state index in [-0.39, 0.29) is 25.2 Å². The highest BCUT2D eigenvalue weighted by Crippen LogP contribution is 2.40. The predicted octanol–water partition coefficient (Wildman–Crippen LogP) is 3.49. The molecule has 0 bridgehead atoms. The topological polar surface area (TPSA) is 79.9 Å². The first-order chi connectivity index (χ1) is 13.4. The number of hydrogen-bond donors (Lipinski definition) is 2. The molecule has 3 rings (SSSR count). The molecule has 2 aromatic carbocycles. The number of amides is 2. The Balaban J connectivity index is 1.57. The number of anilines is 2. The monoisotopic (exact) mass is 403 g/mol. The van der Waals surface area contributed by atoms with E-state index in [0.29, 0.717) is 41.0 Å². The summed E-state index contributed by atoms with van der Waals surface area (Å²) in [5, 5.41) is 6.05. The van der Waals surface area contributed by atoms with Gasteiger partial charge < -0.3 is 20.1 Å². The number of rotatable bonds is 7. The number of benzene rings is 2. The van der Waals surface area contributed by atoms with Gasteiger partial charge >= 0.3 is 0 Å². The lowest BCUT2D eigenvalue weighted by Gasteiger charge is -2.20. The maximum Gasteiger partial charge on any atom is 0.238 e. The van der Waals surface area contributed by atoms with Crippen LogP contribution in [0.2, 0.25) is 5.02 Å². The Bertz CT molecular complexity index is 870. The first-order valence-corrected chi connectivity index (χ1v) is 9.30. The Kier molecular flexibility index (Phi) is 6.38. The molecule has 148 valence electrons. The second-order valence-corrected chi connectivity index (χ2v) is 6.83. The number of halogens is 1. The Morgan fingerprint density at radius 2 is 1.79 bits per heavy atom.